The molecular formula is C22H27N3O5. The van der Waals surface area contributed by atoms with Crippen molar-refractivity contribution in [1.29, 1.82) is 0 Å². The van der Waals surface area contributed by atoms with Gasteiger partial charge in [0.15, 0.2) is 0 Å². The number of carbonyl (C=O) groups is 3. The third-order valence-electron chi connectivity index (χ3n) is 4.42. The summed E-state index contributed by atoms with van der Waals surface area (Å²) in [5.74, 6) is -0.882. The molecule has 160 valence electrons. The van der Waals surface area contributed by atoms with E-state index in [1.807, 2.05) is 13.8 Å². The van der Waals surface area contributed by atoms with E-state index < -0.39 is 0 Å². The molecule has 0 radical (unpaired) electrons. The molecule has 8 nitrogen and oxygen atoms in total. The van der Waals surface area contributed by atoms with E-state index >= 15 is 0 Å². The lowest BCUT2D eigenvalue weighted by Gasteiger charge is -2.20. The largest absolute Gasteiger partial charge is 0.466 e. The lowest BCUT2D eigenvalue weighted by molar-refractivity contribution is -0.143. The molecule has 0 fully saturated rings. The predicted octanol–water partition coefficient (Wildman–Crippen LogP) is 2.21. The number of nitrogens with zero attached hydrogens (tertiary/aromatic N) is 2. The molecule has 8 heteroatoms. The van der Waals surface area contributed by atoms with E-state index in [1.54, 1.807) is 48.4 Å². The van der Waals surface area contributed by atoms with Gasteiger partial charge >= 0.3 is 5.97 Å². The quantitative estimate of drug-likeness (QED) is 0.636. The summed E-state index contributed by atoms with van der Waals surface area (Å²) in [6, 6.07) is 9.60. The van der Waals surface area contributed by atoms with Crippen molar-refractivity contribution >= 4 is 23.5 Å². The highest BCUT2D eigenvalue weighted by atomic mass is 16.5. The van der Waals surface area contributed by atoms with E-state index in [2.05, 4.69) is 5.32 Å². The standard InChI is InChI=1S/C22H27N3O5/c1-4-24(13-12-21(28)30-5-2)22(29)17-7-9-18(10-8-17)23-19(26)15-25-14-16(3)6-11-20(25)27/h6-11,14H,4-5,12-13,15H2,1-3H3,(H,23,26). The summed E-state index contributed by atoms with van der Waals surface area (Å²) in [4.78, 5) is 49.8. The van der Waals surface area contributed by atoms with Crippen LogP contribution in [0.3, 0.4) is 0 Å². The maximum absolute atomic E-state index is 12.6. The van der Waals surface area contributed by atoms with Crippen LogP contribution in [0.2, 0.25) is 0 Å². The Morgan fingerprint density at radius 2 is 1.77 bits per heavy atom. The minimum Gasteiger partial charge on any atom is -0.466 e. The molecule has 1 aromatic carbocycles. The smallest absolute Gasteiger partial charge is 0.307 e. The molecule has 0 aliphatic heterocycles. The third kappa shape index (κ3) is 6.58. The summed E-state index contributed by atoms with van der Waals surface area (Å²) in [5.41, 5.74) is 1.60. The fourth-order valence-electron chi connectivity index (χ4n) is 2.87. The number of amides is 2. The van der Waals surface area contributed by atoms with Gasteiger partial charge in [-0.15, -0.1) is 0 Å². The zero-order valence-electron chi connectivity index (χ0n) is 17.5. The number of nitrogens with one attached hydrogen (secondary N) is 1. The van der Waals surface area contributed by atoms with Crippen molar-refractivity contribution in [2.75, 3.05) is 25.0 Å². The zero-order valence-corrected chi connectivity index (χ0v) is 17.5. The number of aryl methyl sites for hydroxylation is 1. The average Bonchev–Trinajstić information content (AvgIpc) is 2.71. The zero-order chi connectivity index (χ0) is 22.1. The van der Waals surface area contributed by atoms with Crippen LogP contribution < -0.4 is 10.9 Å². The first-order valence-corrected chi connectivity index (χ1v) is 9.86. The molecule has 1 N–H and O–H groups in total. The number of carbonyl (C=O) groups excluding carboxylic acids is 3. The van der Waals surface area contributed by atoms with Crippen LogP contribution in [0.4, 0.5) is 5.69 Å². The SMILES string of the molecule is CCOC(=O)CCN(CC)C(=O)c1ccc(NC(=O)Cn2cc(C)ccc2=O)cc1. The summed E-state index contributed by atoms with van der Waals surface area (Å²) < 4.78 is 6.23. The molecule has 0 bridgehead atoms. The van der Waals surface area contributed by atoms with Gasteiger partial charge in [-0.1, -0.05) is 6.07 Å². The molecular weight excluding hydrogens is 386 g/mol. The van der Waals surface area contributed by atoms with E-state index in [9.17, 15) is 19.2 Å². The first kappa shape index (κ1) is 22.9. The second kappa shape index (κ2) is 10.9. The highest BCUT2D eigenvalue weighted by Gasteiger charge is 2.16. The molecule has 0 saturated heterocycles. The molecule has 0 unspecified atom stereocenters. The molecule has 2 rings (SSSR count). The van der Waals surface area contributed by atoms with Gasteiger partial charge in [0.2, 0.25) is 5.91 Å². The molecule has 30 heavy (non-hydrogen) atoms. The maximum Gasteiger partial charge on any atom is 0.307 e. The number of ether oxygens (including phenoxy) is 1. The highest BCUT2D eigenvalue weighted by molar-refractivity contribution is 5.96. The Kier molecular flexibility index (Phi) is 8.34. The van der Waals surface area contributed by atoms with Crippen molar-refractivity contribution in [2.24, 2.45) is 0 Å². The first-order valence-electron chi connectivity index (χ1n) is 9.86. The summed E-state index contributed by atoms with van der Waals surface area (Å²) in [6.45, 7) is 6.37. The third-order valence-corrected chi connectivity index (χ3v) is 4.42. The van der Waals surface area contributed by atoms with Crippen molar-refractivity contribution in [3.05, 3.63) is 64.1 Å². The van der Waals surface area contributed by atoms with Crippen molar-refractivity contribution < 1.29 is 19.1 Å². The van der Waals surface area contributed by atoms with Crippen LogP contribution in [-0.2, 0) is 20.9 Å². The van der Waals surface area contributed by atoms with Gasteiger partial charge in [-0.3, -0.25) is 19.2 Å². The van der Waals surface area contributed by atoms with Crippen molar-refractivity contribution in [3.8, 4) is 0 Å². The topological polar surface area (TPSA) is 97.7 Å². The van der Waals surface area contributed by atoms with Crippen LogP contribution in [0.5, 0.6) is 0 Å². The summed E-state index contributed by atoms with van der Waals surface area (Å²) in [6.07, 6.45) is 1.76. The average molecular weight is 413 g/mol. The van der Waals surface area contributed by atoms with Crippen LogP contribution >= 0.6 is 0 Å². The van der Waals surface area contributed by atoms with Gasteiger partial charge in [0.05, 0.1) is 13.0 Å². The Bertz CT molecular complexity index is 950. The van der Waals surface area contributed by atoms with Crippen molar-refractivity contribution in [1.82, 2.24) is 9.47 Å². The molecule has 1 heterocycles. The number of pyridine rings is 1. The Hall–Kier alpha value is -3.42. The van der Waals surface area contributed by atoms with E-state index in [4.69, 9.17) is 4.74 Å². The molecule has 0 atom stereocenters. The summed E-state index contributed by atoms with van der Waals surface area (Å²) in [5, 5.41) is 2.72. The normalized spacial score (nSPS) is 10.4. The van der Waals surface area contributed by atoms with Gasteiger partial charge in [0.25, 0.3) is 11.5 Å². The Labute approximate surface area is 175 Å². The number of aromatic nitrogens is 1. The molecule has 0 saturated carbocycles. The van der Waals surface area contributed by atoms with E-state index in [1.165, 1.54) is 10.6 Å². The van der Waals surface area contributed by atoms with Crippen LogP contribution in [0.1, 0.15) is 36.2 Å². The first-order chi connectivity index (χ1) is 14.3. The van der Waals surface area contributed by atoms with Gasteiger partial charge in [-0.2, -0.15) is 0 Å². The van der Waals surface area contributed by atoms with Crippen LogP contribution in [0.15, 0.2) is 47.4 Å². The monoisotopic (exact) mass is 413 g/mol. The van der Waals surface area contributed by atoms with Crippen LogP contribution in [0.25, 0.3) is 0 Å². The second-order valence-corrected chi connectivity index (χ2v) is 6.74. The Balaban J connectivity index is 1.96. The maximum atomic E-state index is 12.6. The lowest BCUT2D eigenvalue weighted by Crippen LogP contribution is -2.33. The summed E-state index contributed by atoms with van der Waals surface area (Å²) in [7, 11) is 0. The molecule has 2 amide bonds. The fraction of sp³-hybridized carbons (Fsp3) is 0.364. The Morgan fingerprint density at radius 3 is 2.40 bits per heavy atom. The Morgan fingerprint density at radius 1 is 1.07 bits per heavy atom. The second-order valence-electron chi connectivity index (χ2n) is 6.74. The van der Waals surface area contributed by atoms with E-state index in [0.717, 1.165) is 5.56 Å². The fourth-order valence-corrected chi connectivity index (χ4v) is 2.87. The number of rotatable bonds is 9. The molecule has 0 spiro atoms. The van der Waals surface area contributed by atoms with Crippen molar-refractivity contribution in [2.45, 2.75) is 33.7 Å². The predicted molar refractivity (Wildman–Crippen MR) is 113 cm³/mol. The number of benzene rings is 1. The minimum absolute atomic E-state index is 0.0985. The van der Waals surface area contributed by atoms with Gasteiger partial charge in [0, 0.05) is 36.6 Å². The van der Waals surface area contributed by atoms with Gasteiger partial charge in [-0.05, 0) is 50.6 Å². The number of hydrogen-bond donors (Lipinski definition) is 1. The molecule has 0 aliphatic rings. The number of anilines is 1. The molecule has 2 aromatic rings. The van der Waals surface area contributed by atoms with Gasteiger partial charge < -0.3 is 19.5 Å². The van der Waals surface area contributed by atoms with Crippen LogP contribution in [0, 0.1) is 6.92 Å². The molecule has 0 aliphatic carbocycles. The highest BCUT2D eigenvalue weighted by Crippen LogP contribution is 2.12. The van der Waals surface area contributed by atoms with Crippen molar-refractivity contribution in [3.63, 3.8) is 0 Å². The van der Waals surface area contributed by atoms with Gasteiger partial charge in [0.1, 0.15) is 6.54 Å². The molecule has 1 aromatic heterocycles. The number of esters is 1. The van der Waals surface area contributed by atoms with E-state index in [0.29, 0.717) is 24.4 Å². The summed E-state index contributed by atoms with van der Waals surface area (Å²) >= 11 is 0. The van der Waals surface area contributed by atoms with Crippen LogP contribution in [-0.4, -0.2) is 46.9 Å². The lowest BCUT2D eigenvalue weighted by atomic mass is 10.1. The van der Waals surface area contributed by atoms with E-state index in [-0.39, 0.29) is 42.9 Å². The minimum atomic E-state index is -0.341. The van der Waals surface area contributed by atoms with Gasteiger partial charge in [-0.25, -0.2) is 0 Å². The number of hydrogen-bond acceptors (Lipinski definition) is 5.